The lowest BCUT2D eigenvalue weighted by atomic mass is 9.98. The number of benzene rings is 2. The summed E-state index contributed by atoms with van der Waals surface area (Å²) in [6.45, 7) is 7.94. The highest BCUT2D eigenvalue weighted by Crippen LogP contribution is 2.35. The molecule has 2 unspecified atom stereocenters. The van der Waals surface area contributed by atoms with Crippen LogP contribution in [0.15, 0.2) is 41.3 Å². The van der Waals surface area contributed by atoms with Crippen LogP contribution in [0.25, 0.3) is 0 Å². The summed E-state index contributed by atoms with van der Waals surface area (Å²) in [5, 5.41) is 7.02. The van der Waals surface area contributed by atoms with E-state index in [2.05, 4.69) is 31.4 Å². The molecule has 0 aromatic heterocycles. The zero-order valence-electron chi connectivity index (χ0n) is 20.8. The lowest BCUT2D eigenvalue weighted by Crippen LogP contribution is -2.40. The van der Waals surface area contributed by atoms with E-state index in [4.69, 9.17) is 27.9 Å². The first-order valence-electron chi connectivity index (χ1n) is 12.2. The Morgan fingerprint density at radius 2 is 1.92 bits per heavy atom. The fourth-order valence-corrected chi connectivity index (χ4v) is 7.11. The molecule has 2 N–H and O–H groups in total. The minimum atomic E-state index is -3.85. The smallest absolute Gasteiger partial charge is 0.244 e. The van der Waals surface area contributed by atoms with Gasteiger partial charge in [0.05, 0.1) is 17.7 Å². The van der Waals surface area contributed by atoms with Gasteiger partial charge in [-0.3, -0.25) is 4.79 Å². The molecule has 0 radical (unpaired) electrons. The Bertz CT molecular complexity index is 1230. The molecule has 2 aromatic carbocycles. The van der Waals surface area contributed by atoms with E-state index in [1.165, 1.54) is 22.5 Å². The number of nitrogens with one attached hydrogen (secondary N) is 2. The van der Waals surface area contributed by atoms with E-state index < -0.39 is 16.1 Å². The summed E-state index contributed by atoms with van der Waals surface area (Å²) in [6.07, 6.45) is 2.05. The summed E-state index contributed by atoms with van der Waals surface area (Å²) in [5.41, 5.74) is 2.06. The number of amides is 1. The van der Waals surface area contributed by atoms with Crippen molar-refractivity contribution in [3.05, 3.63) is 57.6 Å². The van der Waals surface area contributed by atoms with E-state index in [1.54, 1.807) is 0 Å². The number of ether oxygens (including phenoxy) is 1. The average Bonchev–Trinajstić information content (AvgIpc) is 3.26. The minimum absolute atomic E-state index is 0.00770. The highest BCUT2D eigenvalue weighted by atomic mass is 35.5. The van der Waals surface area contributed by atoms with E-state index in [0.717, 1.165) is 23.4 Å². The van der Waals surface area contributed by atoms with Gasteiger partial charge in [0, 0.05) is 48.1 Å². The maximum atomic E-state index is 13.3. The predicted octanol–water partition coefficient (Wildman–Crippen LogP) is 5.06. The number of carbonyl (C=O) groups excluding carboxylic acids is 1. The third-order valence-corrected chi connectivity index (χ3v) is 9.17. The van der Waals surface area contributed by atoms with Gasteiger partial charge in [-0.25, -0.2) is 8.42 Å². The highest BCUT2D eigenvalue weighted by molar-refractivity contribution is 7.89. The number of hydrogen-bond acceptors (Lipinski definition) is 5. The molecule has 36 heavy (non-hydrogen) atoms. The molecule has 1 fully saturated rings. The lowest BCUT2D eigenvalue weighted by Gasteiger charge is -2.29. The second kappa shape index (κ2) is 10.9. The Morgan fingerprint density at radius 3 is 2.64 bits per heavy atom. The van der Waals surface area contributed by atoms with E-state index >= 15 is 0 Å². The molecule has 0 bridgehead atoms. The van der Waals surface area contributed by atoms with Crippen molar-refractivity contribution in [1.29, 1.82) is 0 Å². The van der Waals surface area contributed by atoms with Gasteiger partial charge in [0.2, 0.25) is 15.9 Å². The number of halogens is 2. The monoisotopic (exact) mass is 553 g/mol. The minimum Gasteiger partial charge on any atom is -0.493 e. The molecule has 196 valence electrons. The molecule has 2 aliphatic rings. The first-order chi connectivity index (χ1) is 16.9. The zero-order chi connectivity index (χ0) is 26.1. The molecule has 2 heterocycles. The van der Waals surface area contributed by atoms with Gasteiger partial charge in [0.15, 0.2) is 0 Å². The maximum absolute atomic E-state index is 13.3. The van der Waals surface area contributed by atoms with Gasteiger partial charge in [-0.05, 0) is 63.4 Å². The van der Waals surface area contributed by atoms with E-state index in [1.807, 2.05) is 18.2 Å². The largest absolute Gasteiger partial charge is 0.493 e. The quantitative estimate of drug-likeness (QED) is 0.500. The van der Waals surface area contributed by atoms with Crippen molar-refractivity contribution in [2.75, 3.05) is 13.2 Å². The molecule has 0 aliphatic carbocycles. The van der Waals surface area contributed by atoms with Crippen LogP contribution in [0.5, 0.6) is 5.75 Å². The molecule has 1 saturated heterocycles. The third kappa shape index (κ3) is 6.34. The maximum Gasteiger partial charge on any atom is 0.244 e. The molecule has 2 aromatic rings. The third-order valence-electron chi connectivity index (χ3n) is 6.50. The lowest BCUT2D eigenvalue weighted by molar-refractivity contribution is -0.122. The van der Waals surface area contributed by atoms with Crippen LogP contribution in [0, 0.1) is 0 Å². The van der Waals surface area contributed by atoms with Gasteiger partial charge in [-0.15, -0.1) is 0 Å². The van der Waals surface area contributed by atoms with Crippen LogP contribution in [-0.2, 0) is 21.4 Å². The molecule has 2 aliphatic heterocycles. The van der Waals surface area contributed by atoms with Crippen molar-refractivity contribution in [3.63, 3.8) is 0 Å². The first kappa shape index (κ1) is 27.2. The Kier molecular flexibility index (Phi) is 8.22. The van der Waals surface area contributed by atoms with Gasteiger partial charge >= 0.3 is 0 Å². The number of sulfonamides is 1. The number of fused-ring (bicyclic) bond motifs is 1. The van der Waals surface area contributed by atoms with Crippen LogP contribution in [0.2, 0.25) is 10.0 Å². The Balaban J connectivity index is 1.43. The number of hydrogen-bond donors (Lipinski definition) is 2. The normalized spacial score (nSPS) is 20.6. The van der Waals surface area contributed by atoms with Crippen LogP contribution in [-0.4, -0.2) is 43.4 Å². The van der Waals surface area contributed by atoms with E-state index in [-0.39, 0.29) is 33.8 Å². The summed E-state index contributed by atoms with van der Waals surface area (Å²) in [4.78, 5) is 13.1. The van der Waals surface area contributed by atoms with Crippen molar-refractivity contribution < 1.29 is 17.9 Å². The molecule has 10 heteroatoms. The molecular formula is C26H33Cl2N3O4S. The van der Waals surface area contributed by atoms with Crippen molar-refractivity contribution in [2.24, 2.45) is 0 Å². The number of carbonyl (C=O) groups is 1. The average molecular weight is 555 g/mol. The van der Waals surface area contributed by atoms with Crippen molar-refractivity contribution in [3.8, 4) is 5.75 Å². The van der Waals surface area contributed by atoms with Crippen LogP contribution < -0.4 is 15.4 Å². The van der Waals surface area contributed by atoms with Crippen LogP contribution in [0.4, 0.5) is 0 Å². The molecular weight excluding hydrogens is 521 g/mol. The molecule has 7 nitrogen and oxygen atoms in total. The van der Waals surface area contributed by atoms with Crippen LogP contribution >= 0.6 is 23.2 Å². The molecule has 2 atom stereocenters. The van der Waals surface area contributed by atoms with E-state index in [0.29, 0.717) is 37.4 Å². The predicted molar refractivity (Wildman–Crippen MR) is 142 cm³/mol. The van der Waals surface area contributed by atoms with Crippen molar-refractivity contribution >= 4 is 39.1 Å². The molecule has 4 rings (SSSR count). The molecule has 0 saturated carbocycles. The topological polar surface area (TPSA) is 87.7 Å². The second-order valence-corrected chi connectivity index (χ2v) is 13.1. The van der Waals surface area contributed by atoms with Crippen LogP contribution in [0.1, 0.15) is 63.6 Å². The Labute approximate surface area is 223 Å². The summed E-state index contributed by atoms with van der Waals surface area (Å²) in [7, 11) is -3.85. The van der Waals surface area contributed by atoms with Gasteiger partial charge in [0.25, 0.3) is 0 Å². The Hall–Kier alpha value is -1.84. The SMILES string of the molecule is CC(C)(C)NCc1ccc2c(c1)OCCC2NC(=O)CC1CCCN1S(=O)(=O)c1ccc(Cl)cc1Cl. The fourth-order valence-electron chi connectivity index (χ4n) is 4.67. The Morgan fingerprint density at radius 1 is 1.14 bits per heavy atom. The van der Waals surface area contributed by atoms with Gasteiger partial charge in [-0.1, -0.05) is 35.3 Å². The van der Waals surface area contributed by atoms with Gasteiger partial charge in [-0.2, -0.15) is 4.31 Å². The number of nitrogens with zero attached hydrogens (tertiary/aromatic N) is 1. The summed E-state index contributed by atoms with van der Waals surface area (Å²) in [5.74, 6) is 0.600. The standard InChI is InChI=1S/C26H33Cl2N3O4S/c1-26(2,3)29-16-17-6-8-20-22(10-12-35-23(20)13-17)30-25(32)15-19-5-4-11-31(19)36(33,34)24-9-7-18(27)14-21(24)28/h6-9,13-14,19,22,29H,4-5,10-12,15-16H2,1-3H3,(H,30,32). The zero-order valence-corrected chi connectivity index (χ0v) is 23.1. The highest BCUT2D eigenvalue weighted by Gasteiger charge is 2.38. The second-order valence-electron chi connectivity index (χ2n) is 10.4. The summed E-state index contributed by atoms with van der Waals surface area (Å²) in [6, 6.07) is 9.81. The fraction of sp³-hybridized carbons (Fsp3) is 0.500. The summed E-state index contributed by atoms with van der Waals surface area (Å²) < 4.78 is 33.9. The molecule has 1 amide bonds. The van der Waals surface area contributed by atoms with Crippen molar-refractivity contribution in [1.82, 2.24) is 14.9 Å². The van der Waals surface area contributed by atoms with Gasteiger partial charge in [0.1, 0.15) is 10.6 Å². The van der Waals surface area contributed by atoms with E-state index in [9.17, 15) is 13.2 Å². The molecule has 0 spiro atoms. The first-order valence-corrected chi connectivity index (χ1v) is 14.4. The van der Waals surface area contributed by atoms with Gasteiger partial charge < -0.3 is 15.4 Å². The van der Waals surface area contributed by atoms with Crippen molar-refractivity contribution in [2.45, 2.75) is 75.5 Å². The van der Waals surface area contributed by atoms with Crippen LogP contribution in [0.3, 0.4) is 0 Å². The number of rotatable bonds is 7. The summed E-state index contributed by atoms with van der Waals surface area (Å²) >= 11 is 12.1.